The van der Waals surface area contributed by atoms with E-state index in [2.05, 4.69) is 19.2 Å². The third-order valence-corrected chi connectivity index (χ3v) is 4.92. The van der Waals surface area contributed by atoms with Gasteiger partial charge in [0.25, 0.3) is 0 Å². The van der Waals surface area contributed by atoms with Gasteiger partial charge in [-0.15, -0.1) is 0 Å². The van der Waals surface area contributed by atoms with Gasteiger partial charge < -0.3 is 11.1 Å². The van der Waals surface area contributed by atoms with E-state index in [4.69, 9.17) is 5.73 Å². The molecule has 3 N–H and O–H groups in total. The fourth-order valence-electron chi connectivity index (χ4n) is 3.61. The van der Waals surface area contributed by atoms with E-state index in [1.165, 1.54) is 19.3 Å². The lowest BCUT2D eigenvalue weighted by Crippen LogP contribution is -2.41. The number of nitrogens with one attached hydrogen (secondary N) is 1. The maximum Gasteiger partial charge on any atom is 0.223 e. The molecule has 3 heteroatoms. The third kappa shape index (κ3) is 3.47. The maximum absolute atomic E-state index is 12.3. The van der Waals surface area contributed by atoms with Crippen LogP contribution in [-0.2, 0) is 4.79 Å². The minimum Gasteiger partial charge on any atom is -0.353 e. The molecule has 0 spiro atoms. The molecule has 0 aromatic rings. The minimum atomic E-state index is 0.132. The lowest BCUT2D eigenvalue weighted by atomic mass is 9.78. The summed E-state index contributed by atoms with van der Waals surface area (Å²) in [5.74, 6) is 1.65. The van der Waals surface area contributed by atoms with Crippen LogP contribution < -0.4 is 11.1 Å². The zero-order chi connectivity index (χ0) is 13.1. The predicted molar refractivity (Wildman–Crippen MR) is 74.0 cm³/mol. The monoisotopic (exact) mass is 252 g/mol. The number of nitrogens with two attached hydrogens (primary N) is 1. The molecule has 0 aromatic carbocycles. The van der Waals surface area contributed by atoms with Gasteiger partial charge in [-0.1, -0.05) is 20.3 Å². The van der Waals surface area contributed by atoms with Gasteiger partial charge in [-0.25, -0.2) is 0 Å². The van der Waals surface area contributed by atoms with Crippen LogP contribution >= 0.6 is 0 Å². The number of hydrogen-bond acceptors (Lipinski definition) is 2. The van der Waals surface area contributed by atoms with E-state index < -0.39 is 0 Å². The summed E-state index contributed by atoms with van der Waals surface area (Å²) in [6.07, 6.45) is 8.08. The molecular formula is C15H28N2O. The van der Waals surface area contributed by atoms with E-state index in [1.54, 1.807) is 0 Å². The second-order valence-corrected chi connectivity index (χ2v) is 6.60. The quantitative estimate of drug-likeness (QED) is 0.810. The lowest BCUT2D eigenvalue weighted by Gasteiger charge is -2.31. The van der Waals surface area contributed by atoms with Gasteiger partial charge in [0, 0.05) is 18.0 Å². The molecule has 2 aliphatic rings. The van der Waals surface area contributed by atoms with Crippen molar-refractivity contribution in [2.24, 2.45) is 23.5 Å². The van der Waals surface area contributed by atoms with Crippen molar-refractivity contribution in [3.05, 3.63) is 0 Å². The van der Waals surface area contributed by atoms with E-state index in [0.717, 1.165) is 31.6 Å². The normalized spacial score (nSPS) is 38.4. The van der Waals surface area contributed by atoms with Gasteiger partial charge >= 0.3 is 0 Å². The highest BCUT2D eigenvalue weighted by Crippen LogP contribution is 2.30. The molecule has 0 saturated heterocycles. The Kier molecular flexibility index (Phi) is 4.66. The van der Waals surface area contributed by atoms with Crippen LogP contribution in [0.2, 0.25) is 0 Å². The summed E-state index contributed by atoms with van der Waals surface area (Å²) in [4.78, 5) is 12.3. The highest BCUT2D eigenvalue weighted by atomic mass is 16.1. The highest BCUT2D eigenvalue weighted by Gasteiger charge is 2.30. The van der Waals surface area contributed by atoms with Crippen LogP contribution in [0.1, 0.15) is 58.8 Å². The summed E-state index contributed by atoms with van der Waals surface area (Å²) in [7, 11) is 0. The average molecular weight is 252 g/mol. The summed E-state index contributed by atoms with van der Waals surface area (Å²) in [5.41, 5.74) is 6.01. The van der Waals surface area contributed by atoms with Crippen molar-refractivity contribution in [3.63, 3.8) is 0 Å². The Bertz CT molecular complexity index is 292. The van der Waals surface area contributed by atoms with Crippen molar-refractivity contribution in [2.45, 2.75) is 70.9 Å². The Morgan fingerprint density at radius 2 is 2.00 bits per heavy atom. The summed E-state index contributed by atoms with van der Waals surface area (Å²) < 4.78 is 0. The zero-order valence-corrected chi connectivity index (χ0v) is 11.8. The fourth-order valence-corrected chi connectivity index (χ4v) is 3.61. The molecule has 2 rings (SSSR count). The van der Waals surface area contributed by atoms with Gasteiger partial charge in [0.1, 0.15) is 0 Å². The largest absolute Gasteiger partial charge is 0.353 e. The standard InChI is InChI=1S/C15H28N2O/c1-10-6-7-14(8-10)17-15(18)11(2)12-4-3-5-13(16)9-12/h10-14H,3-9,16H2,1-2H3,(H,17,18). The van der Waals surface area contributed by atoms with Gasteiger partial charge in [0.15, 0.2) is 0 Å². The van der Waals surface area contributed by atoms with Crippen molar-refractivity contribution in [1.29, 1.82) is 0 Å². The molecule has 18 heavy (non-hydrogen) atoms. The molecule has 2 aliphatic carbocycles. The number of hydrogen-bond donors (Lipinski definition) is 2. The van der Waals surface area contributed by atoms with Crippen molar-refractivity contribution >= 4 is 5.91 Å². The molecule has 0 heterocycles. The van der Waals surface area contributed by atoms with Crippen LogP contribution in [0, 0.1) is 17.8 Å². The van der Waals surface area contributed by atoms with Crippen molar-refractivity contribution in [3.8, 4) is 0 Å². The van der Waals surface area contributed by atoms with E-state index in [1.807, 2.05) is 0 Å². The molecular weight excluding hydrogens is 224 g/mol. The first-order chi connectivity index (χ1) is 8.56. The Balaban J connectivity index is 1.80. The molecule has 0 aliphatic heterocycles. The molecule has 0 bridgehead atoms. The molecule has 104 valence electrons. The van der Waals surface area contributed by atoms with Gasteiger partial charge in [-0.3, -0.25) is 4.79 Å². The Morgan fingerprint density at radius 1 is 1.22 bits per heavy atom. The highest BCUT2D eigenvalue weighted by molar-refractivity contribution is 5.78. The van der Waals surface area contributed by atoms with Gasteiger partial charge in [0.2, 0.25) is 5.91 Å². The molecule has 1 amide bonds. The second kappa shape index (κ2) is 6.05. The molecule has 5 atom stereocenters. The van der Waals surface area contributed by atoms with Crippen molar-refractivity contribution in [2.75, 3.05) is 0 Å². The van der Waals surface area contributed by atoms with E-state index >= 15 is 0 Å². The van der Waals surface area contributed by atoms with Gasteiger partial charge in [-0.05, 0) is 50.4 Å². The zero-order valence-electron chi connectivity index (χ0n) is 11.8. The minimum absolute atomic E-state index is 0.132. The molecule has 0 radical (unpaired) electrons. The van der Waals surface area contributed by atoms with Crippen molar-refractivity contribution in [1.82, 2.24) is 5.32 Å². The Labute approximate surface area is 111 Å². The van der Waals surface area contributed by atoms with Crippen molar-refractivity contribution < 1.29 is 4.79 Å². The summed E-state index contributed by atoms with van der Waals surface area (Å²) in [5, 5.41) is 3.24. The summed E-state index contributed by atoms with van der Waals surface area (Å²) >= 11 is 0. The number of amides is 1. The Hall–Kier alpha value is -0.570. The first-order valence-corrected chi connectivity index (χ1v) is 7.62. The molecule has 0 aromatic heterocycles. The Morgan fingerprint density at radius 3 is 2.61 bits per heavy atom. The lowest BCUT2D eigenvalue weighted by molar-refractivity contribution is -0.127. The molecule has 5 unspecified atom stereocenters. The van der Waals surface area contributed by atoms with Crippen LogP contribution in [0.4, 0.5) is 0 Å². The predicted octanol–water partition coefficient (Wildman–Crippen LogP) is 2.44. The number of carbonyl (C=O) groups excluding carboxylic acids is 1. The first kappa shape index (κ1) is 13.9. The average Bonchev–Trinajstić information content (AvgIpc) is 2.73. The summed E-state index contributed by atoms with van der Waals surface area (Å²) in [6, 6.07) is 0.734. The number of rotatable bonds is 3. The molecule has 3 nitrogen and oxygen atoms in total. The van der Waals surface area contributed by atoms with Crippen LogP contribution in [0.5, 0.6) is 0 Å². The first-order valence-electron chi connectivity index (χ1n) is 7.62. The maximum atomic E-state index is 12.3. The van der Waals surface area contributed by atoms with E-state index in [0.29, 0.717) is 18.0 Å². The van der Waals surface area contributed by atoms with Crippen LogP contribution in [0.3, 0.4) is 0 Å². The fraction of sp³-hybridized carbons (Fsp3) is 0.933. The third-order valence-electron chi connectivity index (χ3n) is 4.92. The van der Waals surface area contributed by atoms with Gasteiger partial charge in [-0.2, -0.15) is 0 Å². The molecule has 2 saturated carbocycles. The second-order valence-electron chi connectivity index (χ2n) is 6.60. The summed E-state index contributed by atoms with van der Waals surface area (Å²) in [6.45, 7) is 4.35. The topological polar surface area (TPSA) is 55.1 Å². The smallest absolute Gasteiger partial charge is 0.223 e. The van der Waals surface area contributed by atoms with E-state index in [9.17, 15) is 4.79 Å². The van der Waals surface area contributed by atoms with E-state index in [-0.39, 0.29) is 11.8 Å². The number of carbonyl (C=O) groups is 1. The SMILES string of the molecule is CC1CCC(NC(=O)C(C)C2CCCC(N)C2)C1. The van der Waals surface area contributed by atoms with Crippen LogP contribution in [0.15, 0.2) is 0 Å². The van der Waals surface area contributed by atoms with Crippen LogP contribution in [0.25, 0.3) is 0 Å². The van der Waals surface area contributed by atoms with Gasteiger partial charge in [0.05, 0.1) is 0 Å². The molecule has 2 fully saturated rings. The van der Waals surface area contributed by atoms with Crippen LogP contribution in [-0.4, -0.2) is 18.0 Å².